The van der Waals surface area contributed by atoms with Crippen molar-refractivity contribution in [3.63, 3.8) is 0 Å². The number of H-pyrrole nitrogens is 1. The minimum atomic E-state index is -3.61. The van der Waals surface area contributed by atoms with Crippen LogP contribution in [-0.2, 0) is 10.0 Å². The smallest absolute Gasteiger partial charge is 0.247 e. The molecule has 0 aliphatic rings. The molecule has 0 amide bonds. The van der Waals surface area contributed by atoms with Gasteiger partial charge in [0.25, 0.3) is 0 Å². The van der Waals surface area contributed by atoms with Gasteiger partial charge in [0.15, 0.2) is 0 Å². The van der Waals surface area contributed by atoms with E-state index in [9.17, 15) is 13.2 Å². The number of hydrogen-bond donors (Lipinski definition) is 2. The van der Waals surface area contributed by atoms with Gasteiger partial charge >= 0.3 is 0 Å². The highest BCUT2D eigenvalue weighted by atomic mass is 32.2. The largest absolute Gasteiger partial charge is 0.395 e. The molecule has 0 aliphatic carbocycles. The second-order valence-electron chi connectivity index (χ2n) is 2.94. The van der Waals surface area contributed by atoms with Crippen LogP contribution in [0.4, 0.5) is 0 Å². The van der Waals surface area contributed by atoms with Crippen molar-refractivity contribution in [3.8, 4) is 0 Å². The van der Waals surface area contributed by atoms with Gasteiger partial charge in [0, 0.05) is 25.9 Å². The molecule has 6 nitrogen and oxygen atoms in total. The predicted molar refractivity (Wildman–Crippen MR) is 54.0 cm³/mol. The van der Waals surface area contributed by atoms with Gasteiger partial charge in [-0.3, -0.25) is 4.79 Å². The van der Waals surface area contributed by atoms with Gasteiger partial charge in [-0.25, -0.2) is 8.42 Å². The topological polar surface area (TPSA) is 90.5 Å². The molecule has 0 aromatic carbocycles. The van der Waals surface area contributed by atoms with E-state index in [-0.39, 0.29) is 23.6 Å². The van der Waals surface area contributed by atoms with Crippen LogP contribution in [0.1, 0.15) is 0 Å². The molecule has 0 fully saturated rings. The summed E-state index contributed by atoms with van der Waals surface area (Å²) in [5.74, 6) is 0. The number of aliphatic hydroxyl groups is 1. The molecule has 15 heavy (non-hydrogen) atoms. The third-order valence-electron chi connectivity index (χ3n) is 1.88. The molecule has 0 bridgehead atoms. The van der Waals surface area contributed by atoms with E-state index in [1.165, 1.54) is 13.1 Å². The quantitative estimate of drug-likeness (QED) is 0.695. The number of likely N-dealkylation sites (N-methyl/N-ethyl adjacent to an activating group) is 1. The van der Waals surface area contributed by atoms with Crippen LogP contribution in [0.5, 0.6) is 0 Å². The number of nitrogens with zero attached hydrogens (tertiary/aromatic N) is 1. The van der Waals surface area contributed by atoms with Crippen molar-refractivity contribution in [1.29, 1.82) is 0 Å². The highest BCUT2D eigenvalue weighted by molar-refractivity contribution is 7.89. The molecule has 0 saturated heterocycles. The number of aromatic amines is 1. The van der Waals surface area contributed by atoms with E-state index in [0.29, 0.717) is 0 Å². The average molecular weight is 232 g/mol. The molecule has 1 heterocycles. The van der Waals surface area contributed by atoms with Crippen LogP contribution >= 0.6 is 0 Å². The second-order valence-corrected chi connectivity index (χ2v) is 4.98. The lowest BCUT2D eigenvalue weighted by Crippen LogP contribution is -2.30. The number of sulfonamides is 1. The number of nitrogens with one attached hydrogen (secondary N) is 1. The summed E-state index contributed by atoms with van der Waals surface area (Å²) in [7, 11) is -2.26. The molecule has 84 valence electrons. The number of aromatic nitrogens is 1. The summed E-state index contributed by atoms with van der Waals surface area (Å²) in [5.41, 5.74) is -0.362. The zero-order chi connectivity index (χ0) is 11.5. The van der Waals surface area contributed by atoms with Gasteiger partial charge < -0.3 is 10.1 Å². The SMILES string of the molecule is CN(CCO)S(=O)(=O)c1ccc(=O)[nH]c1. The minimum Gasteiger partial charge on any atom is -0.395 e. The molecule has 0 saturated carbocycles. The maximum absolute atomic E-state index is 11.7. The maximum atomic E-state index is 11.7. The van der Waals surface area contributed by atoms with Gasteiger partial charge in [-0.1, -0.05) is 0 Å². The first-order chi connectivity index (χ1) is 6.98. The molecule has 0 radical (unpaired) electrons. The highest BCUT2D eigenvalue weighted by Gasteiger charge is 2.19. The molecule has 0 unspecified atom stereocenters. The van der Waals surface area contributed by atoms with E-state index in [1.54, 1.807) is 0 Å². The van der Waals surface area contributed by atoms with Crippen LogP contribution in [0.2, 0.25) is 0 Å². The first-order valence-corrected chi connectivity index (χ1v) is 5.68. The Bertz CT molecular complexity index is 459. The first-order valence-electron chi connectivity index (χ1n) is 4.24. The Morgan fingerprint density at radius 2 is 2.13 bits per heavy atom. The fraction of sp³-hybridized carbons (Fsp3) is 0.375. The number of rotatable bonds is 4. The number of aliphatic hydroxyl groups excluding tert-OH is 1. The van der Waals surface area contributed by atoms with E-state index < -0.39 is 10.0 Å². The van der Waals surface area contributed by atoms with E-state index in [0.717, 1.165) is 16.6 Å². The third-order valence-corrected chi connectivity index (χ3v) is 3.73. The van der Waals surface area contributed by atoms with E-state index in [2.05, 4.69) is 4.98 Å². The van der Waals surface area contributed by atoms with Crippen LogP contribution in [0.15, 0.2) is 28.0 Å². The van der Waals surface area contributed by atoms with Crippen molar-refractivity contribution in [1.82, 2.24) is 9.29 Å². The molecule has 2 N–H and O–H groups in total. The Balaban J connectivity index is 3.06. The summed E-state index contributed by atoms with van der Waals surface area (Å²) in [5, 5.41) is 8.63. The minimum absolute atomic E-state index is 0.00181. The summed E-state index contributed by atoms with van der Waals surface area (Å²) < 4.78 is 24.5. The summed E-state index contributed by atoms with van der Waals surface area (Å²) >= 11 is 0. The summed E-state index contributed by atoms with van der Waals surface area (Å²) in [6, 6.07) is 2.36. The molecule has 0 aliphatic heterocycles. The molecule has 1 aromatic rings. The van der Waals surface area contributed by atoms with Gasteiger partial charge in [-0.2, -0.15) is 4.31 Å². The van der Waals surface area contributed by atoms with Crippen LogP contribution in [0.3, 0.4) is 0 Å². The number of hydrogen-bond acceptors (Lipinski definition) is 4. The Morgan fingerprint density at radius 1 is 1.47 bits per heavy atom. The van der Waals surface area contributed by atoms with Crippen LogP contribution in [0, 0.1) is 0 Å². The molecular formula is C8H12N2O4S. The number of pyridine rings is 1. The monoisotopic (exact) mass is 232 g/mol. The molecule has 0 spiro atoms. The normalized spacial score (nSPS) is 11.9. The fourth-order valence-corrected chi connectivity index (χ4v) is 2.13. The average Bonchev–Trinajstić information content (AvgIpc) is 2.18. The summed E-state index contributed by atoms with van der Waals surface area (Å²) in [6.07, 6.45) is 1.13. The van der Waals surface area contributed by atoms with Crippen LogP contribution in [0.25, 0.3) is 0 Å². The van der Waals surface area contributed by atoms with Crippen LogP contribution in [-0.4, -0.2) is 43.0 Å². The van der Waals surface area contributed by atoms with E-state index in [4.69, 9.17) is 5.11 Å². The lowest BCUT2D eigenvalue weighted by molar-refractivity contribution is 0.266. The highest BCUT2D eigenvalue weighted by Crippen LogP contribution is 2.10. The third kappa shape index (κ3) is 2.65. The van der Waals surface area contributed by atoms with Crippen molar-refractivity contribution < 1.29 is 13.5 Å². The van der Waals surface area contributed by atoms with Crippen molar-refractivity contribution in [2.45, 2.75) is 4.90 Å². The van der Waals surface area contributed by atoms with Gasteiger partial charge in [0.05, 0.1) is 11.5 Å². The summed E-state index contributed by atoms with van der Waals surface area (Å²) in [4.78, 5) is 13.0. The Labute approximate surface area is 87.2 Å². The summed E-state index contributed by atoms with van der Waals surface area (Å²) in [6.45, 7) is -0.236. The van der Waals surface area contributed by atoms with E-state index in [1.807, 2.05) is 0 Å². The van der Waals surface area contributed by atoms with E-state index >= 15 is 0 Å². The van der Waals surface area contributed by atoms with Crippen molar-refractivity contribution >= 4 is 10.0 Å². The van der Waals surface area contributed by atoms with Gasteiger partial charge in [0.1, 0.15) is 0 Å². The van der Waals surface area contributed by atoms with Gasteiger partial charge in [0.2, 0.25) is 15.6 Å². The predicted octanol–water partition coefficient (Wildman–Crippen LogP) is -1.01. The standard InChI is InChI=1S/C8H12N2O4S/c1-10(4-5-11)15(13,14)7-2-3-8(12)9-6-7/h2-3,6,11H,4-5H2,1H3,(H,9,12). The first kappa shape index (κ1) is 11.9. The lowest BCUT2D eigenvalue weighted by Gasteiger charge is -2.15. The Hall–Kier alpha value is -1.18. The zero-order valence-corrected chi connectivity index (χ0v) is 8.99. The van der Waals surface area contributed by atoms with Crippen molar-refractivity contribution in [2.75, 3.05) is 20.2 Å². The van der Waals surface area contributed by atoms with Crippen molar-refractivity contribution in [3.05, 3.63) is 28.7 Å². The second kappa shape index (κ2) is 4.56. The van der Waals surface area contributed by atoms with Gasteiger partial charge in [-0.15, -0.1) is 0 Å². The van der Waals surface area contributed by atoms with Crippen molar-refractivity contribution in [2.24, 2.45) is 0 Å². The molecule has 7 heteroatoms. The molecule has 0 atom stereocenters. The zero-order valence-electron chi connectivity index (χ0n) is 8.17. The fourth-order valence-electron chi connectivity index (χ4n) is 0.998. The lowest BCUT2D eigenvalue weighted by atomic mass is 10.5. The molecule has 1 rings (SSSR count). The van der Waals surface area contributed by atoms with Crippen LogP contribution < -0.4 is 5.56 Å². The molecule has 1 aromatic heterocycles. The van der Waals surface area contributed by atoms with Gasteiger partial charge in [-0.05, 0) is 6.07 Å². The molecular weight excluding hydrogens is 220 g/mol. The maximum Gasteiger partial charge on any atom is 0.247 e. The Kier molecular flexibility index (Phi) is 3.61. The Morgan fingerprint density at radius 3 is 2.60 bits per heavy atom.